The molecule has 19 heavy (non-hydrogen) atoms. The Bertz CT molecular complexity index is 327. The van der Waals surface area contributed by atoms with Gasteiger partial charge in [-0.3, -0.25) is 9.59 Å². The van der Waals surface area contributed by atoms with Crippen molar-refractivity contribution in [1.29, 1.82) is 0 Å². The Morgan fingerprint density at radius 2 is 2.11 bits per heavy atom. The lowest BCUT2D eigenvalue weighted by molar-refractivity contribution is -0.138. The third kappa shape index (κ3) is 3.69. The van der Waals surface area contributed by atoms with Crippen molar-refractivity contribution in [1.82, 2.24) is 15.5 Å². The van der Waals surface area contributed by atoms with Crippen molar-refractivity contribution in [2.24, 2.45) is 0 Å². The van der Waals surface area contributed by atoms with E-state index in [4.69, 9.17) is 0 Å². The molecule has 2 rings (SSSR count). The van der Waals surface area contributed by atoms with Gasteiger partial charge in [-0.05, 0) is 38.6 Å². The molecule has 2 N–H and O–H groups in total. The first-order valence-corrected chi connectivity index (χ1v) is 7.47. The number of carbonyl (C=O) groups is 2. The molecule has 2 amide bonds. The van der Waals surface area contributed by atoms with E-state index in [-0.39, 0.29) is 17.9 Å². The molecule has 2 heterocycles. The smallest absolute Gasteiger partial charge is 0.242 e. The summed E-state index contributed by atoms with van der Waals surface area (Å²) in [6.07, 6.45) is 6.87. The molecule has 108 valence electrons. The number of rotatable bonds is 4. The van der Waals surface area contributed by atoms with Gasteiger partial charge in [0.25, 0.3) is 0 Å². The molecule has 5 heteroatoms. The van der Waals surface area contributed by atoms with E-state index < -0.39 is 0 Å². The Labute approximate surface area is 115 Å². The first-order valence-electron chi connectivity index (χ1n) is 7.47. The lowest BCUT2D eigenvalue weighted by Crippen LogP contribution is -2.45. The van der Waals surface area contributed by atoms with Crippen molar-refractivity contribution < 1.29 is 9.59 Å². The molecule has 2 unspecified atom stereocenters. The SMILES string of the molecule is CNC(=O)C1CCCN1C(=O)CCC1CCCCN1. The molecule has 0 radical (unpaired) electrons. The van der Waals surface area contributed by atoms with Gasteiger partial charge in [0, 0.05) is 26.1 Å². The van der Waals surface area contributed by atoms with Crippen LogP contribution in [0.15, 0.2) is 0 Å². The maximum absolute atomic E-state index is 12.2. The van der Waals surface area contributed by atoms with Crippen molar-refractivity contribution in [2.45, 2.75) is 57.0 Å². The first kappa shape index (κ1) is 14.3. The molecule has 2 fully saturated rings. The minimum Gasteiger partial charge on any atom is -0.357 e. The number of carbonyl (C=O) groups excluding carboxylic acids is 2. The molecule has 0 aromatic heterocycles. The van der Waals surface area contributed by atoms with E-state index >= 15 is 0 Å². The Morgan fingerprint density at radius 3 is 2.79 bits per heavy atom. The molecule has 0 aromatic rings. The Hall–Kier alpha value is -1.10. The summed E-state index contributed by atoms with van der Waals surface area (Å²) in [6.45, 7) is 1.80. The van der Waals surface area contributed by atoms with Crippen LogP contribution in [0.5, 0.6) is 0 Å². The van der Waals surface area contributed by atoms with E-state index in [1.54, 1.807) is 11.9 Å². The van der Waals surface area contributed by atoms with Crippen LogP contribution in [0.3, 0.4) is 0 Å². The maximum Gasteiger partial charge on any atom is 0.242 e. The van der Waals surface area contributed by atoms with Crippen LogP contribution < -0.4 is 10.6 Å². The minimum atomic E-state index is -0.239. The lowest BCUT2D eigenvalue weighted by Gasteiger charge is -2.26. The highest BCUT2D eigenvalue weighted by molar-refractivity contribution is 5.88. The van der Waals surface area contributed by atoms with Gasteiger partial charge in [-0.1, -0.05) is 6.42 Å². The fourth-order valence-electron chi connectivity index (χ4n) is 3.12. The van der Waals surface area contributed by atoms with E-state index in [9.17, 15) is 9.59 Å². The van der Waals surface area contributed by atoms with E-state index in [1.807, 2.05) is 0 Å². The quantitative estimate of drug-likeness (QED) is 0.786. The van der Waals surface area contributed by atoms with Crippen molar-refractivity contribution in [3.05, 3.63) is 0 Å². The predicted molar refractivity (Wildman–Crippen MR) is 73.7 cm³/mol. The second-order valence-electron chi connectivity index (χ2n) is 5.54. The molecule has 2 saturated heterocycles. The highest BCUT2D eigenvalue weighted by Gasteiger charge is 2.33. The van der Waals surface area contributed by atoms with Crippen LogP contribution in [0.25, 0.3) is 0 Å². The predicted octanol–water partition coefficient (Wildman–Crippen LogP) is 0.646. The standard InChI is InChI=1S/C14H25N3O2/c1-15-14(19)12-6-4-10-17(12)13(18)8-7-11-5-2-3-9-16-11/h11-12,16H,2-10H2,1H3,(H,15,19). The monoisotopic (exact) mass is 267 g/mol. The zero-order valence-electron chi connectivity index (χ0n) is 11.8. The van der Waals surface area contributed by atoms with Gasteiger partial charge in [0.05, 0.1) is 0 Å². The summed E-state index contributed by atoms with van der Waals surface area (Å²) >= 11 is 0. The minimum absolute atomic E-state index is 0.0263. The average Bonchev–Trinajstić information content (AvgIpc) is 2.94. The van der Waals surface area contributed by atoms with Crippen LogP contribution in [0, 0.1) is 0 Å². The molecule has 2 atom stereocenters. The summed E-state index contributed by atoms with van der Waals surface area (Å²) < 4.78 is 0. The summed E-state index contributed by atoms with van der Waals surface area (Å²) in [7, 11) is 1.63. The topological polar surface area (TPSA) is 61.4 Å². The largest absolute Gasteiger partial charge is 0.357 e. The van der Waals surface area contributed by atoms with E-state index in [2.05, 4.69) is 10.6 Å². The van der Waals surface area contributed by atoms with Gasteiger partial charge in [0.2, 0.25) is 11.8 Å². The summed E-state index contributed by atoms with van der Waals surface area (Å²) in [5.74, 6) is 0.111. The third-order valence-corrected chi connectivity index (χ3v) is 4.24. The lowest BCUT2D eigenvalue weighted by atomic mass is 10.0. The Morgan fingerprint density at radius 1 is 1.26 bits per heavy atom. The number of hydrogen-bond acceptors (Lipinski definition) is 3. The molecular weight excluding hydrogens is 242 g/mol. The van der Waals surface area contributed by atoms with Gasteiger partial charge >= 0.3 is 0 Å². The number of likely N-dealkylation sites (N-methyl/N-ethyl adjacent to an activating group) is 1. The summed E-state index contributed by atoms with van der Waals surface area (Å²) in [5.41, 5.74) is 0. The number of nitrogens with one attached hydrogen (secondary N) is 2. The highest BCUT2D eigenvalue weighted by Crippen LogP contribution is 2.20. The van der Waals surface area contributed by atoms with E-state index in [1.165, 1.54) is 19.3 Å². The van der Waals surface area contributed by atoms with E-state index in [0.29, 0.717) is 12.5 Å². The van der Waals surface area contributed by atoms with Gasteiger partial charge in [0.15, 0.2) is 0 Å². The molecule has 0 bridgehead atoms. The van der Waals surface area contributed by atoms with Crippen LogP contribution in [0.2, 0.25) is 0 Å². The first-order chi connectivity index (χ1) is 9.22. The van der Waals surface area contributed by atoms with Gasteiger partial charge in [-0.25, -0.2) is 0 Å². The normalized spacial score (nSPS) is 27.3. The molecule has 0 aliphatic carbocycles. The fraction of sp³-hybridized carbons (Fsp3) is 0.857. The maximum atomic E-state index is 12.2. The molecule has 5 nitrogen and oxygen atoms in total. The summed E-state index contributed by atoms with van der Waals surface area (Å²) in [5, 5.41) is 6.11. The van der Waals surface area contributed by atoms with Crippen LogP contribution in [-0.4, -0.2) is 48.9 Å². The van der Waals surface area contributed by atoms with Crippen molar-refractivity contribution in [3.8, 4) is 0 Å². The number of amides is 2. The molecule has 0 spiro atoms. The average molecular weight is 267 g/mol. The Kier molecular flexibility index (Phi) is 5.19. The van der Waals surface area contributed by atoms with Crippen LogP contribution in [-0.2, 0) is 9.59 Å². The molecular formula is C14H25N3O2. The zero-order chi connectivity index (χ0) is 13.7. The van der Waals surface area contributed by atoms with Gasteiger partial charge in [0.1, 0.15) is 6.04 Å². The third-order valence-electron chi connectivity index (χ3n) is 4.24. The molecule has 0 saturated carbocycles. The van der Waals surface area contributed by atoms with Crippen molar-refractivity contribution >= 4 is 11.8 Å². The second kappa shape index (κ2) is 6.89. The number of nitrogens with zero attached hydrogens (tertiary/aromatic N) is 1. The van der Waals surface area contributed by atoms with Crippen LogP contribution in [0.1, 0.15) is 44.9 Å². The van der Waals surface area contributed by atoms with Crippen LogP contribution >= 0.6 is 0 Å². The van der Waals surface area contributed by atoms with Gasteiger partial charge in [-0.15, -0.1) is 0 Å². The van der Waals surface area contributed by atoms with Crippen molar-refractivity contribution in [2.75, 3.05) is 20.1 Å². The highest BCUT2D eigenvalue weighted by atomic mass is 16.2. The number of hydrogen-bond donors (Lipinski definition) is 2. The fourth-order valence-corrected chi connectivity index (χ4v) is 3.12. The Balaban J connectivity index is 1.79. The van der Waals surface area contributed by atoms with Gasteiger partial charge < -0.3 is 15.5 Å². The number of piperidine rings is 1. The molecule has 2 aliphatic rings. The molecule has 0 aromatic carbocycles. The van der Waals surface area contributed by atoms with Crippen molar-refractivity contribution in [3.63, 3.8) is 0 Å². The number of likely N-dealkylation sites (tertiary alicyclic amines) is 1. The van der Waals surface area contributed by atoms with E-state index in [0.717, 1.165) is 32.4 Å². The zero-order valence-corrected chi connectivity index (χ0v) is 11.8. The van der Waals surface area contributed by atoms with Crippen LogP contribution in [0.4, 0.5) is 0 Å². The van der Waals surface area contributed by atoms with Gasteiger partial charge in [-0.2, -0.15) is 0 Å². The molecule has 2 aliphatic heterocycles. The summed E-state index contributed by atoms with van der Waals surface area (Å²) in [4.78, 5) is 25.7. The summed E-state index contributed by atoms with van der Waals surface area (Å²) in [6, 6.07) is 0.246. The second-order valence-corrected chi connectivity index (χ2v) is 5.54.